The lowest BCUT2D eigenvalue weighted by molar-refractivity contribution is -0.139. The molecule has 2 aromatic rings. The van der Waals surface area contributed by atoms with Gasteiger partial charge in [-0.05, 0) is 36.1 Å². The Morgan fingerprint density at radius 1 is 0.962 bits per heavy atom. The molecule has 0 aromatic heterocycles. The molecule has 1 atom stereocenters. The Morgan fingerprint density at radius 3 is 2.38 bits per heavy atom. The molecule has 0 aliphatic carbocycles. The van der Waals surface area contributed by atoms with E-state index < -0.39 is 0 Å². The van der Waals surface area contributed by atoms with E-state index in [4.69, 9.17) is 9.47 Å². The average molecular weight is 353 g/mol. The first-order valence-electron chi connectivity index (χ1n) is 8.71. The maximum Gasteiger partial charge on any atom is 0.233 e. The molecule has 0 radical (unpaired) electrons. The third-order valence-corrected chi connectivity index (χ3v) is 4.73. The molecule has 26 heavy (non-hydrogen) atoms. The molecule has 0 N–H and O–H groups in total. The lowest BCUT2D eigenvalue weighted by atomic mass is 9.98. The highest BCUT2D eigenvalue weighted by Gasteiger charge is 2.37. The molecule has 136 valence electrons. The minimum absolute atomic E-state index is 0.0701. The smallest absolute Gasteiger partial charge is 0.233 e. The molecular weight excluding hydrogens is 330 g/mol. The summed E-state index contributed by atoms with van der Waals surface area (Å²) in [4.78, 5) is 26.3. The molecule has 5 nitrogen and oxygen atoms in total. The molecule has 0 saturated carbocycles. The molecule has 5 heteroatoms. The number of likely N-dealkylation sites (tertiary alicyclic amines) is 1. The van der Waals surface area contributed by atoms with Crippen molar-refractivity contribution in [3.8, 4) is 11.5 Å². The molecule has 3 rings (SSSR count). The maximum absolute atomic E-state index is 12.6. The molecule has 2 aromatic carbocycles. The standard InChI is InChI=1S/C21H23NO4/c1-25-18-9-8-16(13-19(18)26-2)10-11-22-20(23)14-17(21(22)24)12-15-6-4-3-5-7-15/h3-9,13,17H,10-12,14H2,1-2H3/t17-/m0/s1. The summed E-state index contributed by atoms with van der Waals surface area (Å²) in [5, 5.41) is 0. The second-order valence-electron chi connectivity index (χ2n) is 6.41. The molecule has 0 spiro atoms. The van der Waals surface area contributed by atoms with E-state index in [1.54, 1.807) is 14.2 Å². The van der Waals surface area contributed by atoms with Crippen LogP contribution in [0.3, 0.4) is 0 Å². The third-order valence-electron chi connectivity index (χ3n) is 4.73. The van der Waals surface area contributed by atoms with Crippen LogP contribution in [0.15, 0.2) is 48.5 Å². The zero-order valence-corrected chi connectivity index (χ0v) is 15.1. The fourth-order valence-corrected chi connectivity index (χ4v) is 3.32. The van der Waals surface area contributed by atoms with Gasteiger partial charge in [-0.15, -0.1) is 0 Å². The van der Waals surface area contributed by atoms with Gasteiger partial charge in [0.2, 0.25) is 11.8 Å². The van der Waals surface area contributed by atoms with E-state index in [0.29, 0.717) is 37.3 Å². The Hall–Kier alpha value is -2.82. The summed E-state index contributed by atoms with van der Waals surface area (Å²) < 4.78 is 10.5. The molecule has 1 heterocycles. The van der Waals surface area contributed by atoms with Crippen LogP contribution in [0.4, 0.5) is 0 Å². The van der Waals surface area contributed by atoms with Crippen molar-refractivity contribution in [3.05, 3.63) is 59.7 Å². The van der Waals surface area contributed by atoms with Crippen molar-refractivity contribution in [3.63, 3.8) is 0 Å². The average Bonchev–Trinajstić information content (AvgIpc) is 2.93. The number of carbonyl (C=O) groups excluding carboxylic acids is 2. The predicted molar refractivity (Wildman–Crippen MR) is 98.2 cm³/mol. The van der Waals surface area contributed by atoms with E-state index in [-0.39, 0.29) is 17.7 Å². The van der Waals surface area contributed by atoms with E-state index in [1.165, 1.54) is 4.90 Å². The second-order valence-corrected chi connectivity index (χ2v) is 6.41. The van der Waals surface area contributed by atoms with Gasteiger partial charge in [0.15, 0.2) is 11.5 Å². The number of imide groups is 1. The molecule has 1 aliphatic rings. The van der Waals surface area contributed by atoms with Crippen molar-refractivity contribution in [2.75, 3.05) is 20.8 Å². The fourth-order valence-electron chi connectivity index (χ4n) is 3.32. The monoisotopic (exact) mass is 353 g/mol. The fraction of sp³-hybridized carbons (Fsp3) is 0.333. The van der Waals surface area contributed by atoms with Gasteiger partial charge in [-0.1, -0.05) is 36.4 Å². The first kappa shape index (κ1) is 18.0. The summed E-state index contributed by atoms with van der Waals surface area (Å²) in [6.07, 6.45) is 1.49. The summed E-state index contributed by atoms with van der Waals surface area (Å²) in [6.45, 7) is 0.387. The van der Waals surface area contributed by atoms with Gasteiger partial charge < -0.3 is 9.47 Å². The van der Waals surface area contributed by atoms with Crippen molar-refractivity contribution in [2.24, 2.45) is 5.92 Å². The van der Waals surface area contributed by atoms with Crippen molar-refractivity contribution < 1.29 is 19.1 Å². The van der Waals surface area contributed by atoms with E-state index in [9.17, 15) is 9.59 Å². The van der Waals surface area contributed by atoms with Crippen LogP contribution in [-0.2, 0) is 22.4 Å². The zero-order chi connectivity index (χ0) is 18.5. The Morgan fingerprint density at radius 2 is 1.69 bits per heavy atom. The van der Waals surface area contributed by atoms with E-state index in [2.05, 4.69) is 0 Å². The molecule has 1 fully saturated rings. The topological polar surface area (TPSA) is 55.8 Å². The second kappa shape index (κ2) is 8.04. The van der Waals surface area contributed by atoms with Crippen molar-refractivity contribution in [1.82, 2.24) is 4.90 Å². The number of ether oxygens (including phenoxy) is 2. The molecule has 2 amide bonds. The van der Waals surface area contributed by atoms with Crippen LogP contribution in [0.25, 0.3) is 0 Å². The van der Waals surface area contributed by atoms with Gasteiger partial charge in [0.05, 0.1) is 20.1 Å². The van der Waals surface area contributed by atoms with Gasteiger partial charge >= 0.3 is 0 Å². The molecule has 0 bridgehead atoms. The van der Waals surface area contributed by atoms with Gasteiger partial charge in [0, 0.05) is 13.0 Å². The van der Waals surface area contributed by atoms with Crippen molar-refractivity contribution >= 4 is 11.8 Å². The SMILES string of the molecule is COc1ccc(CCN2C(=O)C[C@H](Cc3ccccc3)C2=O)cc1OC. The lowest BCUT2D eigenvalue weighted by Gasteiger charge is -2.16. The Labute approximate surface area is 153 Å². The van der Waals surface area contributed by atoms with Crippen LogP contribution in [0, 0.1) is 5.92 Å². The van der Waals surface area contributed by atoms with Gasteiger partial charge in [0.25, 0.3) is 0 Å². The van der Waals surface area contributed by atoms with Crippen LogP contribution in [-0.4, -0.2) is 37.5 Å². The predicted octanol–water partition coefficient (Wildman–Crippen LogP) is 2.86. The summed E-state index contributed by atoms with van der Waals surface area (Å²) in [5.74, 6) is 0.893. The summed E-state index contributed by atoms with van der Waals surface area (Å²) in [6, 6.07) is 15.5. The maximum atomic E-state index is 12.6. The van der Waals surface area contributed by atoms with Crippen LogP contribution in [0.1, 0.15) is 17.5 Å². The third kappa shape index (κ3) is 3.87. The highest BCUT2D eigenvalue weighted by Crippen LogP contribution is 2.28. The minimum Gasteiger partial charge on any atom is -0.493 e. The van der Waals surface area contributed by atoms with Gasteiger partial charge in [-0.25, -0.2) is 0 Å². The number of hydrogen-bond donors (Lipinski definition) is 0. The normalized spacial score (nSPS) is 16.8. The van der Waals surface area contributed by atoms with Gasteiger partial charge in [-0.3, -0.25) is 14.5 Å². The highest BCUT2D eigenvalue weighted by atomic mass is 16.5. The van der Waals surface area contributed by atoms with E-state index in [1.807, 2.05) is 48.5 Å². The minimum atomic E-state index is -0.254. The molecule has 0 unspecified atom stereocenters. The lowest BCUT2D eigenvalue weighted by Crippen LogP contribution is -2.33. The number of rotatable bonds is 7. The van der Waals surface area contributed by atoms with Crippen molar-refractivity contribution in [1.29, 1.82) is 0 Å². The summed E-state index contributed by atoms with van der Waals surface area (Å²) in [5.41, 5.74) is 2.08. The highest BCUT2D eigenvalue weighted by molar-refractivity contribution is 6.03. The summed E-state index contributed by atoms with van der Waals surface area (Å²) >= 11 is 0. The van der Waals surface area contributed by atoms with Crippen LogP contribution in [0.5, 0.6) is 11.5 Å². The van der Waals surface area contributed by atoms with Gasteiger partial charge in [0.1, 0.15) is 0 Å². The number of nitrogens with zero attached hydrogens (tertiary/aromatic N) is 1. The van der Waals surface area contributed by atoms with Crippen LogP contribution >= 0.6 is 0 Å². The Balaban J connectivity index is 1.63. The first-order valence-corrected chi connectivity index (χ1v) is 8.71. The zero-order valence-electron chi connectivity index (χ0n) is 15.1. The number of carbonyl (C=O) groups is 2. The van der Waals surface area contributed by atoms with Gasteiger partial charge in [-0.2, -0.15) is 0 Å². The quantitative estimate of drug-likeness (QED) is 0.718. The Kier molecular flexibility index (Phi) is 5.56. The largest absolute Gasteiger partial charge is 0.493 e. The van der Waals surface area contributed by atoms with Crippen molar-refractivity contribution in [2.45, 2.75) is 19.3 Å². The van der Waals surface area contributed by atoms with Crippen LogP contribution < -0.4 is 9.47 Å². The first-order chi connectivity index (χ1) is 12.6. The molecule has 1 saturated heterocycles. The number of benzene rings is 2. The Bertz CT molecular complexity index is 788. The molecule has 1 aliphatic heterocycles. The number of methoxy groups -OCH3 is 2. The van der Waals surface area contributed by atoms with Crippen LogP contribution in [0.2, 0.25) is 0 Å². The number of amides is 2. The van der Waals surface area contributed by atoms with E-state index >= 15 is 0 Å². The number of hydrogen-bond acceptors (Lipinski definition) is 4. The summed E-state index contributed by atoms with van der Waals surface area (Å²) in [7, 11) is 3.18. The van der Waals surface area contributed by atoms with E-state index in [0.717, 1.165) is 11.1 Å². The molecular formula is C21H23NO4.